The molecule has 8 heteroatoms. The minimum Gasteiger partial charge on any atom is -0.494 e. The highest BCUT2D eigenvalue weighted by Gasteiger charge is 2.16. The normalized spacial score (nSPS) is 13.0. The van der Waals surface area contributed by atoms with Crippen LogP contribution in [0.2, 0.25) is 0 Å². The zero-order valence-electron chi connectivity index (χ0n) is 19.5. The number of benzene rings is 2. The van der Waals surface area contributed by atoms with Gasteiger partial charge in [0.05, 0.1) is 13.2 Å². The lowest BCUT2D eigenvalue weighted by Crippen LogP contribution is -2.32. The number of nitrogens with zero attached hydrogens (tertiary/aromatic N) is 3. The predicted molar refractivity (Wildman–Crippen MR) is 131 cm³/mol. The fourth-order valence-corrected chi connectivity index (χ4v) is 3.94. The molecule has 0 bridgehead atoms. The summed E-state index contributed by atoms with van der Waals surface area (Å²) in [7, 11) is 0. The molecule has 0 unspecified atom stereocenters. The van der Waals surface area contributed by atoms with Gasteiger partial charge in [-0.3, -0.25) is 9.59 Å². The van der Waals surface area contributed by atoms with Crippen molar-refractivity contribution in [3.05, 3.63) is 59.9 Å². The topological polar surface area (TPSA) is 98.1 Å². The molecule has 0 saturated heterocycles. The summed E-state index contributed by atoms with van der Waals surface area (Å²) in [6.45, 7) is 3.54. The summed E-state index contributed by atoms with van der Waals surface area (Å²) in [4.78, 5) is 24.8. The number of aryl methyl sites for hydroxylation is 1. The number of hydrogen-bond donors (Lipinski definition) is 2. The molecule has 2 amide bonds. The van der Waals surface area contributed by atoms with Crippen LogP contribution in [-0.4, -0.2) is 39.7 Å². The van der Waals surface area contributed by atoms with Gasteiger partial charge < -0.3 is 19.9 Å². The third-order valence-corrected chi connectivity index (χ3v) is 5.81. The molecule has 1 aromatic heterocycles. The van der Waals surface area contributed by atoms with E-state index in [2.05, 4.69) is 32.3 Å². The molecule has 3 aromatic rings. The largest absolute Gasteiger partial charge is 0.494 e. The van der Waals surface area contributed by atoms with Crippen LogP contribution in [0.5, 0.6) is 5.75 Å². The first kappa shape index (κ1) is 23.5. The number of aromatic nitrogens is 3. The SMILES string of the molecule is CCCCOc1ccc(C(=O)NCC(=O)Nc2cccc(-c3nnc4n3CCCCC4)c2)cc1. The Balaban J connectivity index is 1.31. The van der Waals surface area contributed by atoms with Crippen LogP contribution in [0.4, 0.5) is 5.69 Å². The molecule has 0 saturated carbocycles. The number of carbonyl (C=O) groups is 2. The second-order valence-electron chi connectivity index (χ2n) is 8.44. The predicted octanol–water partition coefficient (Wildman–Crippen LogP) is 4.22. The van der Waals surface area contributed by atoms with Gasteiger partial charge in [0.25, 0.3) is 5.91 Å². The van der Waals surface area contributed by atoms with E-state index in [0.717, 1.165) is 61.6 Å². The van der Waals surface area contributed by atoms with Crippen molar-refractivity contribution in [1.82, 2.24) is 20.1 Å². The highest BCUT2D eigenvalue weighted by atomic mass is 16.5. The maximum absolute atomic E-state index is 12.4. The number of nitrogens with one attached hydrogen (secondary N) is 2. The van der Waals surface area contributed by atoms with Crippen LogP contribution < -0.4 is 15.4 Å². The molecule has 4 rings (SSSR count). The minimum atomic E-state index is -0.310. The summed E-state index contributed by atoms with van der Waals surface area (Å²) in [6.07, 6.45) is 6.44. The molecular formula is C26H31N5O3. The first-order valence-electron chi connectivity index (χ1n) is 12.0. The molecule has 2 N–H and O–H groups in total. The Morgan fingerprint density at radius 3 is 2.74 bits per heavy atom. The van der Waals surface area contributed by atoms with Gasteiger partial charge in [-0.05, 0) is 55.7 Å². The van der Waals surface area contributed by atoms with Crippen LogP contribution in [0.25, 0.3) is 11.4 Å². The second kappa shape index (κ2) is 11.4. The molecule has 0 spiro atoms. The molecule has 8 nitrogen and oxygen atoms in total. The molecule has 1 aliphatic heterocycles. The van der Waals surface area contributed by atoms with Gasteiger partial charge >= 0.3 is 0 Å². The van der Waals surface area contributed by atoms with Crippen LogP contribution in [0.1, 0.15) is 55.2 Å². The van der Waals surface area contributed by atoms with E-state index in [0.29, 0.717) is 17.9 Å². The molecule has 0 aliphatic carbocycles. The van der Waals surface area contributed by atoms with E-state index in [-0.39, 0.29) is 18.4 Å². The Kier molecular flexibility index (Phi) is 7.91. The molecular weight excluding hydrogens is 430 g/mol. The number of rotatable bonds is 9. The third-order valence-electron chi connectivity index (χ3n) is 5.81. The van der Waals surface area contributed by atoms with Crippen molar-refractivity contribution in [2.24, 2.45) is 0 Å². The van der Waals surface area contributed by atoms with E-state index in [9.17, 15) is 9.59 Å². The monoisotopic (exact) mass is 461 g/mol. The summed E-state index contributed by atoms with van der Waals surface area (Å²) in [5.41, 5.74) is 2.03. The number of ether oxygens (including phenoxy) is 1. The van der Waals surface area contributed by atoms with Gasteiger partial charge in [-0.25, -0.2) is 0 Å². The van der Waals surface area contributed by atoms with Crippen LogP contribution in [-0.2, 0) is 17.8 Å². The number of unbranched alkanes of at least 4 members (excludes halogenated alkanes) is 1. The van der Waals surface area contributed by atoms with Gasteiger partial charge in [0.2, 0.25) is 5.91 Å². The molecule has 178 valence electrons. The fraction of sp³-hybridized carbons (Fsp3) is 0.385. The molecule has 34 heavy (non-hydrogen) atoms. The van der Waals surface area contributed by atoms with Crippen molar-refractivity contribution < 1.29 is 14.3 Å². The third kappa shape index (κ3) is 6.01. The van der Waals surface area contributed by atoms with Gasteiger partial charge in [-0.15, -0.1) is 10.2 Å². The summed E-state index contributed by atoms with van der Waals surface area (Å²) >= 11 is 0. The average Bonchev–Trinajstić information content (AvgIpc) is 3.11. The zero-order chi connectivity index (χ0) is 23.8. The first-order valence-corrected chi connectivity index (χ1v) is 12.0. The number of amides is 2. The quantitative estimate of drug-likeness (QED) is 0.465. The zero-order valence-corrected chi connectivity index (χ0v) is 19.5. The Labute approximate surface area is 199 Å². The summed E-state index contributed by atoms with van der Waals surface area (Å²) in [6, 6.07) is 14.5. The average molecular weight is 462 g/mol. The minimum absolute atomic E-state index is 0.127. The maximum Gasteiger partial charge on any atom is 0.251 e. The van der Waals surface area contributed by atoms with Crippen LogP contribution in [0.15, 0.2) is 48.5 Å². The molecule has 0 fully saturated rings. The van der Waals surface area contributed by atoms with Gasteiger partial charge in [0, 0.05) is 29.8 Å². The Morgan fingerprint density at radius 2 is 1.91 bits per heavy atom. The van der Waals surface area contributed by atoms with E-state index in [4.69, 9.17) is 4.74 Å². The molecule has 2 aromatic carbocycles. The molecule has 0 radical (unpaired) electrons. The van der Waals surface area contributed by atoms with Crippen molar-refractivity contribution in [1.29, 1.82) is 0 Å². The van der Waals surface area contributed by atoms with Crippen LogP contribution >= 0.6 is 0 Å². The number of anilines is 1. The van der Waals surface area contributed by atoms with Gasteiger partial charge in [-0.1, -0.05) is 31.9 Å². The Bertz CT molecular complexity index is 1120. The fourth-order valence-electron chi connectivity index (χ4n) is 3.94. The van der Waals surface area contributed by atoms with Crippen molar-refractivity contribution in [3.8, 4) is 17.1 Å². The van der Waals surface area contributed by atoms with Crippen LogP contribution in [0.3, 0.4) is 0 Å². The lowest BCUT2D eigenvalue weighted by Gasteiger charge is -2.10. The lowest BCUT2D eigenvalue weighted by molar-refractivity contribution is -0.115. The highest BCUT2D eigenvalue weighted by Crippen LogP contribution is 2.24. The lowest BCUT2D eigenvalue weighted by atomic mass is 10.2. The standard InChI is InChI=1S/C26H31N5O3/c1-2-3-16-34-22-13-11-19(12-14-22)26(33)27-18-24(32)28-21-9-7-8-20(17-21)25-30-29-23-10-5-4-6-15-31(23)25/h7-9,11-14,17H,2-6,10,15-16,18H2,1H3,(H,27,33)(H,28,32). The van der Waals surface area contributed by atoms with E-state index in [1.807, 2.05) is 24.3 Å². The first-order chi connectivity index (χ1) is 16.6. The smallest absolute Gasteiger partial charge is 0.251 e. The van der Waals surface area contributed by atoms with Gasteiger partial charge in [0.15, 0.2) is 5.82 Å². The molecule has 0 atom stereocenters. The van der Waals surface area contributed by atoms with E-state index in [1.165, 1.54) is 6.42 Å². The Morgan fingerprint density at radius 1 is 1.06 bits per heavy atom. The number of fused-ring (bicyclic) bond motifs is 1. The molecule has 1 aliphatic rings. The summed E-state index contributed by atoms with van der Waals surface area (Å²) in [5, 5.41) is 14.3. The van der Waals surface area contributed by atoms with Gasteiger partial charge in [0.1, 0.15) is 11.6 Å². The van der Waals surface area contributed by atoms with Crippen LogP contribution in [0, 0.1) is 0 Å². The summed E-state index contributed by atoms with van der Waals surface area (Å²) < 4.78 is 7.79. The van der Waals surface area contributed by atoms with E-state index in [1.54, 1.807) is 24.3 Å². The van der Waals surface area contributed by atoms with E-state index < -0.39 is 0 Å². The van der Waals surface area contributed by atoms with E-state index >= 15 is 0 Å². The second-order valence-corrected chi connectivity index (χ2v) is 8.44. The number of carbonyl (C=O) groups excluding carboxylic acids is 2. The van der Waals surface area contributed by atoms with Crippen molar-refractivity contribution >= 4 is 17.5 Å². The molecule has 2 heterocycles. The van der Waals surface area contributed by atoms with Crippen molar-refractivity contribution in [3.63, 3.8) is 0 Å². The Hall–Kier alpha value is -3.68. The van der Waals surface area contributed by atoms with Crippen molar-refractivity contribution in [2.75, 3.05) is 18.5 Å². The summed E-state index contributed by atoms with van der Waals surface area (Å²) in [5.74, 6) is 1.96. The number of hydrogen-bond acceptors (Lipinski definition) is 5. The van der Waals surface area contributed by atoms with Gasteiger partial charge in [-0.2, -0.15) is 0 Å². The maximum atomic E-state index is 12.4. The van der Waals surface area contributed by atoms with Crippen molar-refractivity contribution in [2.45, 2.75) is 52.0 Å². The highest BCUT2D eigenvalue weighted by molar-refractivity contribution is 5.99.